The number of likely N-dealkylation sites (tertiary alicyclic amines) is 1. The summed E-state index contributed by atoms with van der Waals surface area (Å²) in [5.41, 5.74) is 0.855. The van der Waals surface area contributed by atoms with E-state index in [-0.39, 0.29) is 11.6 Å². The van der Waals surface area contributed by atoms with E-state index >= 15 is 0 Å². The number of halogens is 1. The molecule has 0 aromatic carbocycles. The molecule has 2 heterocycles. The SMILES string of the molecule is O=C(Nc1ccc(Cl)nc1)N1CCC12CCCC2. The van der Waals surface area contributed by atoms with E-state index in [1.807, 2.05) is 4.90 Å². The van der Waals surface area contributed by atoms with Gasteiger partial charge in [-0.05, 0) is 31.4 Å². The second-order valence-corrected chi connectivity index (χ2v) is 5.52. The summed E-state index contributed by atoms with van der Waals surface area (Å²) in [7, 11) is 0. The van der Waals surface area contributed by atoms with Crippen molar-refractivity contribution in [1.29, 1.82) is 0 Å². The largest absolute Gasteiger partial charge is 0.322 e. The first-order valence-corrected chi connectivity index (χ1v) is 6.78. The Bertz CT molecular complexity index is 454. The predicted octanol–water partition coefficient (Wildman–Crippen LogP) is 3.29. The van der Waals surface area contributed by atoms with Gasteiger partial charge in [-0.25, -0.2) is 9.78 Å². The van der Waals surface area contributed by atoms with Crippen molar-refractivity contribution in [3.05, 3.63) is 23.5 Å². The molecule has 3 rings (SSSR count). The summed E-state index contributed by atoms with van der Waals surface area (Å²) in [6, 6.07) is 3.44. The van der Waals surface area contributed by atoms with Crippen LogP contribution in [0.1, 0.15) is 32.1 Å². The maximum atomic E-state index is 12.2. The maximum absolute atomic E-state index is 12.2. The minimum atomic E-state index is -0.00716. The van der Waals surface area contributed by atoms with Crippen LogP contribution in [-0.2, 0) is 0 Å². The summed E-state index contributed by atoms with van der Waals surface area (Å²) in [5, 5.41) is 3.32. The number of pyridine rings is 1. The number of carbonyl (C=O) groups excluding carboxylic acids is 1. The van der Waals surface area contributed by atoms with Crippen LogP contribution in [0.15, 0.2) is 18.3 Å². The molecule has 2 fully saturated rings. The van der Waals surface area contributed by atoms with E-state index in [4.69, 9.17) is 11.6 Å². The summed E-state index contributed by atoms with van der Waals surface area (Å²) >= 11 is 5.71. The first kappa shape index (κ1) is 11.8. The zero-order valence-electron chi connectivity index (χ0n) is 10.2. The quantitative estimate of drug-likeness (QED) is 0.792. The smallest absolute Gasteiger partial charge is 0.319 e. The molecular weight excluding hydrogens is 250 g/mol. The molecule has 18 heavy (non-hydrogen) atoms. The highest BCUT2D eigenvalue weighted by Crippen LogP contribution is 2.44. The van der Waals surface area contributed by atoms with E-state index in [9.17, 15) is 4.79 Å². The predicted molar refractivity (Wildman–Crippen MR) is 70.8 cm³/mol. The number of anilines is 1. The Balaban J connectivity index is 1.66. The fourth-order valence-electron chi connectivity index (χ4n) is 3.05. The molecule has 2 amide bonds. The van der Waals surface area contributed by atoms with Crippen LogP contribution in [0, 0.1) is 0 Å². The Morgan fingerprint density at radius 3 is 2.67 bits per heavy atom. The number of carbonyl (C=O) groups is 1. The Hall–Kier alpha value is -1.29. The highest BCUT2D eigenvalue weighted by Gasteiger charge is 2.48. The lowest BCUT2D eigenvalue weighted by Gasteiger charge is -2.50. The van der Waals surface area contributed by atoms with Crippen molar-refractivity contribution in [3.63, 3.8) is 0 Å². The van der Waals surface area contributed by atoms with Gasteiger partial charge < -0.3 is 10.2 Å². The lowest BCUT2D eigenvalue weighted by atomic mass is 9.83. The molecule has 2 aliphatic rings. The molecule has 1 aliphatic carbocycles. The van der Waals surface area contributed by atoms with Crippen LogP contribution in [0.4, 0.5) is 10.5 Å². The van der Waals surface area contributed by atoms with Crippen molar-refractivity contribution in [2.45, 2.75) is 37.6 Å². The third-order valence-corrected chi connectivity index (χ3v) is 4.36. The van der Waals surface area contributed by atoms with E-state index in [1.165, 1.54) is 12.8 Å². The number of hydrogen-bond donors (Lipinski definition) is 1. The number of urea groups is 1. The Morgan fingerprint density at radius 2 is 2.11 bits per heavy atom. The lowest BCUT2D eigenvalue weighted by molar-refractivity contribution is 0.0358. The molecule has 0 radical (unpaired) electrons. The van der Waals surface area contributed by atoms with Gasteiger partial charge in [0.15, 0.2) is 0 Å². The molecule has 96 valence electrons. The van der Waals surface area contributed by atoms with Crippen molar-refractivity contribution < 1.29 is 4.79 Å². The summed E-state index contributed by atoms with van der Waals surface area (Å²) < 4.78 is 0. The molecular formula is C13H16ClN3O. The average molecular weight is 266 g/mol. The zero-order valence-corrected chi connectivity index (χ0v) is 10.9. The monoisotopic (exact) mass is 265 g/mol. The van der Waals surface area contributed by atoms with Crippen molar-refractivity contribution in [2.75, 3.05) is 11.9 Å². The fourth-order valence-corrected chi connectivity index (χ4v) is 3.16. The molecule has 1 saturated heterocycles. The van der Waals surface area contributed by atoms with E-state index in [0.29, 0.717) is 10.8 Å². The summed E-state index contributed by atoms with van der Waals surface area (Å²) in [6.45, 7) is 0.868. The number of nitrogens with zero attached hydrogens (tertiary/aromatic N) is 2. The standard InChI is InChI=1S/C13H16ClN3O/c14-11-4-3-10(9-15-11)16-12(18)17-8-7-13(17)5-1-2-6-13/h3-4,9H,1-2,5-8H2,(H,16,18). The molecule has 0 atom stereocenters. The van der Waals surface area contributed by atoms with E-state index in [2.05, 4.69) is 10.3 Å². The van der Waals surface area contributed by atoms with Gasteiger partial charge in [0.2, 0.25) is 0 Å². The Morgan fingerprint density at radius 1 is 1.33 bits per heavy atom. The highest BCUT2D eigenvalue weighted by molar-refractivity contribution is 6.29. The third-order valence-electron chi connectivity index (χ3n) is 4.13. The van der Waals surface area contributed by atoms with Gasteiger partial charge in [0.05, 0.1) is 11.9 Å². The van der Waals surface area contributed by atoms with E-state index in [0.717, 1.165) is 25.8 Å². The second-order valence-electron chi connectivity index (χ2n) is 5.13. The van der Waals surface area contributed by atoms with Gasteiger partial charge in [0, 0.05) is 12.1 Å². The first-order valence-electron chi connectivity index (χ1n) is 6.40. The van der Waals surface area contributed by atoms with Crippen molar-refractivity contribution in [2.24, 2.45) is 0 Å². The third kappa shape index (κ3) is 1.94. The summed E-state index contributed by atoms with van der Waals surface area (Å²) in [4.78, 5) is 18.1. The van der Waals surface area contributed by atoms with Gasteiger partial charge >= 0.3 is 6.03 Å². The second kappa shape index (κ2) is 4.43. The van der Waals surface area contributed by atoms with Gasteiger partial charge in [0.1, 0.15) is 5.15 Å². The van der Waals surface area contributed by atoms with Crippen LogP contribution in [0.25, 0.3) is 0 Å². The zero-order chi connectivity index (χ0) is 12.6. The van der Waals surface area contributed by atoms with Crippen LogP contribution in [0.2, 0.25) is 5.15 Å². The molecule has 1 aliphatic heterocycles. The number of hydrogen-bond acceptors (Lipinski definition) is 2. The number of nitrogens with one attached hydrogen (secondary N) is 1. The minimum absolute atomic E-state index is 0.00716. The summed E-state index contributed by atoms with van der Waals surface area (Å²) in [6.07, 6.45) is 7.53. The fraction of sp³-hybridized carbons (Fsp3) is 0.538. The van der Waals surface area contributed by atoms with Crippen LogP contribution in [0.5, 0.6) is 0 Å². The van der Waals surface area contributed by atoms with Crippen LogP contribution < -0.4 is 5.32 Å². The Labute approximate surface area is 111 Å². The van der Waals surface area contributed by atoms with Gasteiger partial charge in [-0.3, -0.25) is 0 Å². The molecule has 0 unspecified atom stereocenters. The van der Waals surface area contributed by atoms with Gasteiger partial charge in [-0.15, -0.1) is 0 Å². The summed E-state index contributed by atoms with van der Waals surface area (Å²) in [5.74, 6) is 0. The maximum Gasteiger partial charge on any atom is 0.322 e. The van der Waals surface area contributed by atoms with Crippen LogP contribution in [0.3, 0.4) is 0 Å². The van der Waals surface area contributed by atoms with Crippen molar-refractivity contribution in [1.82, 2.24) is 9.88 Å². The first-order chi connectivity index (χ1) is 8.70. The molecule has 4 nitrogen and oxygen atoms in total. The van der Waals surface area contributed by atoms with E-state index in [1.54, 1.807) is 18.3 Å². The van der Waals surface area contributed by atoms with Crippen LogP contribution >= 0.6 is 11.6 Å². The number of amides is 2. The average Bonchev–Trinajstić information content (AvgIpc) is 2.82. The number of aromatic nitrogens is 1. The lowest BCUT2D eigenvalue weighted by Crippen LogP contribution is -2.61. The van der Waals surface area contributed by atoms with Crippen molar-refractivity contribution in [3.8, 4) is 0 Å². The number of rotatable bonds is 1. The molecule has 1 aromatic heterocycles. The molecule has 1 saturated carbocycles. The highest BCUT2D eigenvalue weighted by atomic mass is 35.5. The van der Waals surface area contributed by atoms with Crippen LogP contribution in [-0.4, -0.2) is 28.0 Å². The topological polar surface area (TPSA) is 45.2 Å². The minimum Gasteiger partial charge on any atom is -0.319 e. The molecule has 1 N–H and O–H groups in total. The van der Waals surface area contributed by atoms with Gasteiger partial charge in [-0.2, -0.15) is 0 Å². The molecule has 1 aromatic rings. The van der Waals surface area contributed by atoms with Crippen molar-refractivity contribution >= 4 is 23.3 Å². The normalized spacial score (nSPS) is 20.8. The van der Waals surface area contributed by atoms with Gasteiger partial charge in [0.25, 0.3) is 0 Å². The Kier molecular flexibility index (Phi) is 2.90. The molecule has 1 spiro atoms. The molecule has 0 bridgehead atoms. The molecule has 5 heteroatoms. The van der Waals surface area contributed by atoms with E-state index < -0.39 is 0 Å². The van der Waals surface area contributed by atoms with Gasteiger partial charge in [-0.1, -0.05) is 24.4 Å².